The lowest BCUT2D eigenvalue weighted by atomic mass is 9.90. The zero-order valence-electron chi connectivity index (χ0n) is 10.5. The first kappa shape index (κ1) is 12.7. The van der Waals surface area contributed by atoms with Gasteiger partial charge in [-0.05, 0) is 31.0 Å². The molecule has 98 valence electrons. The zero-order chi connectivity index (χ0) is 13.3. The fourth-order valence-electron chi connectivity index (χ4n) is 2.17. The number of benzene rings is 1. The van der Waals surface area contributed by atoms with Crippen molar-refractivity contribution in [3.05, 3.63) is 23.8 Å². The van der Waals surface area contributed by atoms with Crippen molar-refractivity contribution in [1.29, 1.82) is 0 Å². The number of carboxylic acid groups (broad SMARTS) is 1. The first-order valence-corrected chi connectivity index (χ1v) is 5.76. The Kier molecular flexibility index (Phi) is 3.17. The molecule has 5 heteroatoms. The van der Waals surface area contributed by atoms with Crippen molar-refractivity contribution in [3.8, 4) is 11.5 Å². The highest BCUT2D eigenvalue weighted by Gasteiger charge is 2.56. The number of hydrogen-bond acceptors (Lipinski definition) is 4. The van der Waals surface area contributed by atoms with Crippen molar-refractivity contribution >= 4 is 5.97 Å². The Hall–Kier alpha value is -1.75. The van der Waals surface area contributed by atoms with E-state index in [1.54, 1.807) is 32.4 Å². The SMILES string of the molecule is COc1ccc(OC)c(C(N)C2(C(=O)O)CC2)c1. The van der Waals surface area contributed by atoms with Crippen molar-refractivity contribution in [2.45, 2.75) is 18.9 Å². The van der Waals surface area contributed by atoms with Gasteiger partial charge in [0, 0.05) is 11.6 Å². The van der Waals surface area contributed by atoms with E-state index in [-0.39, 0.29) is 0 Å². The van der Waals surface area contributed by atoms with E-state index in [0.717, 1.165) is 0 Å². The number of hydrogen-bond donors (Lipinski definition) is 2. The summed E-state index contributed by atoms with van der Waals surface area (Å²) in [5, 5.41) is 9.27. The minimum atomic E-state index is -0.848. The van der Waals surface area contributed by atoms with Crippen LogP contribution in [0.15, 0.2) is 18.2 Å². The minimum absolute atomic E-state index is 0.583. The van der Waals surface area contributed by atoms with Crippen LogP contribution in [0.4, 0.5) is 0 Å². The van der Waals surface area contributed by atoms with Crippen LogP contribution in [0.3, 0.4) is 0 Å². The molecule has 0 bridgehead atoms. The molecule has 1 atom stereocenters. The predicted octanol–water partition coefficient (Wildman–Crippen LogP) is 1.57. The Labute approximate surface area is 106 Å². The van der Waals surface area contributed by atoms with Crippen molar-refractivity contribution in [2.24, 2.45) is 11.1 Å². The van der Waals surface area contributed by atoms with Gasteiger partial charge in [0.25, 0.3) is 0 Å². The molecule has 0 heterocycles. The van der Waals surface area contributed by atoms with E-state index in [2.05, 4.69) is 0 Å². The Bertz CT molecular complexity index is 468. The average molecular weight is 251 g/mol. The highest BCUT2D eigenvalue weighted by molar-refractivity contribution is 5.79. The molecule has 1 saturated carbocycles. The quantitative estimate of drug-likeness (QED) is 0.830. The monoisotopic (exact) mass is 251 g/mol. The van der Waals surface area contributed by atoms with Crippen LogP contribution in [0, 0.1) is 5.41 Å². The summed E-state index contributed by atoms with van der Waals surface area (Å²) < 4.78 is 10.4. The number of ether oxygens (including phenoxy) is 2. The number of carboxylic acids is 1. The second-order valence-electron chi connectivity index (χ2n) is 4.55. The third-order valence-corrected chi connectivity index (χ3v) is 3.58. The van der Waals surface area contributed by atoms with E-state index < -0.39 is 17.4 Å². The van der Waals surface area contributed by atoms with Crippen molar-refractivity contribution in [3.63, 3.8) is 0 Å². The lowest BCUT2D eigenvalue weighted by molar-refractivity contribution is -0.144. The standard InChI is InChI=1S/C13H17NO4/c1-17-8-3-4-10(18-2)9(7-8)11(14)13(5-6-13)12(15)16/h3-4,7,11H,5-6,14H2,1-2H3,(H,15,16). The largest absolute Gasteiger partial charge is 0.497 e. The Morgan fingerprint density at radius 1 is 1.39 bits per heavy atom. The normalized spacial score (nSPS) is 17.9. The van der Waals surface area contributed by atoms with Gasteiger partial charge >= 0.3 is 5.97 Å². The lowest BCUT2D eigenvalue weighted by Crippen LogP contribution is -2.30. The molecule has 0 amide bonds. The molecular weight excluding hydrogens is 234 g/mol. The van der Waals surface area contributed by atoms with Crippen LogP contribution in [0.5, 0.6) is 11.5 Å². The molecule has 3 N–H and O–H groups in total. The van der Waals surface area contributed by atoms with Gasteiger partial charge in [-0.1, -0.05) is 0 Å². The number of methoxy groups -OCH3 is 2. The second kappa shape index (κ2) is 4.49. The van der Waals surface area contributed by atoms with E-state index in [4.69, 9.17) is 15.2 Å². The van der Waals surface area contributed by atoms with E-state index in [1.807, 2.05) is 0 Å². The fourth-order valence-corrected chi connectivity index (χ4v) is 2.17. The van der Waals surface area contributed by atoms with Gasteiger partial charge in [0.05, 0.1) is 19.6 Å². The summed E-state index contributed by atoms with van der Waals surface area (Å²) in [5.41, 5.74) is 5.95. The molecule has 1 aliphatic rings. The van der Waals surface area contributed by atoms with Gasteiger partial charge in [-0.2, -0.15) is 0 Å². The first-order chi connectivity index (χ1) is 8.55. The van der Waals surface area contributed by atoms with Gasteiger partial charge in [0.2, 0.25) is 0 Å². The molecule has 1 aromatic carbocycles. The maximum atomic E-state index is 11.3. The molecular formula is C13H17NO4. The summed E-state index contributed by atoms with van der Waals surface area (Å²) in [6, 6.07) is 4.66. The van der Waals surface area contributed by atoms with E-state index in [9.17, 15) is 9.90 Å². The maximum Gasteiger partial charge on any atom is 0.311 e. The molecule has 0 aromatic heterocycles. The first-order valence-electron chi connectivity index (χ1n) is 5.76. The number of rotatable bonds is 5. The summed E-state index contributed by atoms with van der Waals surface area (Å²) in [5.74, 6) is 0.387. The summed E-state index contributed by atoms with van der Waals surface area (Å²) in [7, 11) is 3.10. The van der Waals surface area contributed by atoms with E-state index in [1.165, 1.54) is 0 Å². The number of carbonyl (C=O) groups is 1. The summed E-state index contributed by atoms with van der Waals surface area (Å²) in [6.45, 7) is 0. The number of aliphatic carboxylic acids is 1. The second-order valence-corrected chi connectivity index (χ2v) is 4.55. The minimum Gasteiger partial charge on any atom is -0.497 e. The number of nitrogens with two attached hydrogens (primary N) is 1. The third-order valence-electron chi connectivity index (χ3n) is 3.58. The smallest absolute Gasteiger partial charge is 0.311 e. The lowest BCUT2D eigenvalue weighted by Gasteiger charge is -2.22. The summed E-state index contributed by atoms with van der Waals surface area (Å²) in [6.07, 6.45) is 1.20. The van der Waals surface area contributed by atoms with Crippen molar-refractivity contribution in [2.75, 3.05) is 14.2 Å². The Balaban J connectivity index is 2.40. The summed E-state index contributed by atoms with van der Waals surface area (Å²) >= 11 is 0. The van der Waals surface area contributed by atoms with Gasteiger partial charge in [0.1, 0.15) is 11.5 Å². The molecule has 0 aliphatic heterocycles. The topological polar surface area (TPSA) is 81.8 Å². The molecule has 0 radical (unpaired) electrons. The zero-order valence-corrected chi connectivity index (χ0v) is 10.5. The summed E-state index contributed by atoms with van der Waals surface area (Å²) in [4.78, 5) is 11.3. The van der Waals surface area contributed by atoms with Crippen molar-refractivity contribution < 1.29 is 19.4 Å². The molecule has 1 unspecified atom stereocenters. The van der Waals surface area contributed by atoms with Crippen LogP contribution >= 0.6 is 0 Å². The molecule has 2 rings (SSSR count). The van der Waals surface area contributed by atoms with Gasteiger partial charge in [-0.3, -0.25) is 4.79 Å². The van der Waals surface area contributed by atoms with E-state index >= 15 is 0 Å². The Morgan fingerprint density at radius 2 is 2.06 bits per heavy atom. The molecule has 5 nitrogen and oxygen atoms in total. The van der Waals surface area contributed by atoms with Gasteiger partial charge < -0.3 is 20.3 Å². The maximum absolute atomic E-state index is 11.3. The van der Waals surface area contributed by atoms with E-state index in [0.29, 0.717) is 29.9 Å². The molecule has 1 aliphatic carbocycles. The fraction of sp³-hybridized carbons (Fsp3) is 0.462. The molecule has 0 spiro atoms. The van der Waals surface area contributed by atoms with Gasteiger partial charge in [0.15, 0.2) is 0 Å². The molecule has 0 saturated heterocycles. The molecule has 18 heavy (non-hydrogen) atoms. The van der Waals surface area contributed by atoms with Gasteiger partial charge in [-0.25, -0.2) is 0 Å². The van der Waals surface area contributed by atoms with Crippen LogP contribution in [-0.4, -0.2) is 25.3 Å². The highest BCUT2D eigenvalue weighted by atomic mass is 16.5. The van der Waals surface area contributed by atoms with Crippen LogP contribution in [0.1, 0.15) is 24.4 Å². The van der Waals surface area contributed by atoms with Crippen molar-refractivity contribution in [1.82, 2.24) is 0 Å². The predicted molar refractivity (Wildman–Crippen MR) is 65.8 cm³/mol. The third kappa shape index (κ3) is 1.90. The average Bonchev–Trinajstić information content (AvgIpc) is 3.18. The van der Waals surface area contributed by atoms with Crippen LogP contribution < -0.4 is 15.2 Å². The van der Waals surface area contributed by atoms with Crippen LogP contribution in [0.25, 0.3) is 0 Å². The van der Waals surface area contributed by atoms with Crippen LogP contribution in [-0.2, 0) is 4.79 Å². The van der Waals surface area contributed by atoms with Crippen LogP contribution in [0.2, 0.25) is 0 Å². The highest BCUT2D eigenvalue weighted by Crippen LogP contribution is 2.55. The Morgan fingerprint density at radius 3 is 2.50 bits per heavy atom. The molecule has 1 fully saturated rings. The molecule has 1 aromatic rings. The van der Waals surface area contributed by atoms with Gasteiger partial charge in [-0.15, -0.1) is 0 Å².